The lowest BCUT2D eigenvalue weighted by Gasteiger charge is -2.10. The van der Waals surface area contributed by atoms with Gasteiger partial charge in [0.25, 0.3) is 0 Å². The fourth-order valence-electron chi connectivity index (χ4n) is 2.74. The number of rotatable bonds is 6. The molecular formula is C21H22N4O2. The van der Waals surface area contributed by atoms with Crippen LogP contribution < -0.4 is 11.1 Å². The van der Waals surface area contributed by atoms with E-state index in [-0.39, 0.29) is 17.7 Å². The van der Waals surface area contributed by atoms with Gasteiger partial charge in [0.15, 0.2) is 11.7 Å². The Morgan fingerprint density at radius 1 is 1.19 bits per heavy atom. The summed E-state index contributed by atoms with van der Waals surface area (Å²) in [4.78, 5) is 21.1. The first kappa shape index (κ1) is 18.4. The van der Waals surface area contributed by atoms with Crippen LogP contribution in [0, 0.1) is 0 Å². The average Bonchev–Trinajstić information content (AvgIpc) is 3.16. The number of hydrogen-bond acceptors (Lipinski definition) is 4. The summed E-state index contributed by atoms with van der Waals surface area (Å²) in [6.45, 7) is 4.48. The van der Waals surface area contributed by atoms with Crippen LogP contribution in [0.4, 0.5) is 6.01 Å². The first-order valence-electron chi connectivity index (χ1n) is 8.80. The summed E-state index contributed by atoms with van der Waals surface area (Å²) in [7, 11) is 0. The summed E-state index contributed by atoms with van der Waals surface area (Å²) < 4.78 is 5.42. The minimum Gasteiger partial charge on any atom is -0.432 e. The largest absolute Gasteiger partial charge is 0.432 e. The minimum atomic E-state index is -0.0443. The zero-order valence-corrected chi connectivity index (χ0v) is 15.3. The van der Waals surface area contributed by atoms with Crippen LogP contribution in [0.2, 0.25) is 0 Å². The molecule has 1 heterocycles. The molecule has 2 aromatic carbocycles. The number of ketones is 1. The van der Waals surface area contributed by atoms with Crippen molar-refractivity contribution < 1.29 is 9.21 Å². The van der Waals surface area contributed by atoms with E-state index in [0.717, 1.165) is 11.3 Å². The van der Waals surface area contributed by atoms with Crippen molar-refractivity contribution in [2.45, 2.75) is 19.8 Å². The molecule has 0 spiro atoms. The first-order valence-corrected chi connectivity index (χ1v) is 8.80. The van der Waals surface area contributed by atoms with Gasteiger partial charge < -0.3 is 10.2 Å². The van der Waals surface area contributed by atoms with E-state index >= 15 is 0 Å². The molecule has 1 aromatic heterocycles. The topological polar surface area (TPSA) is 93.5 Å². The number of hydrogen-bond donors (Lipinski definition) is 2. The summed E-state index contributed by atoms with van der Waals surface area (Å²) >= 11 is 0. The van der Waals surface area contributed by atoms with Crippen LogP contribution in [0.15, 0.2) is 70.3 Å². The van der Waals surface area contributed by atoms with E-state index in [1.165, 1.54) is 0 Å². The van der Waals surface area contributed by atoms with Crippen molar-refractivity contribution >= 4 is 17.8 Å². The third kappa shape index (κ3) is 4.41. The first-order chi connectivity index (χ1) is 13.1. The van der Waals surface area contributed by atoms with Crippen molar-refractivity contribution in [3.63, 3.8) is 0 Å². The van der Waals surface area contributed by atoms with E-state index in [2.05, 4.69) is 15.3 Å². The van der Waals surface area contributed by atoms with Crippen molar-refractivity contribution in [3.8, 4) is 0 Å². The number of nitrogens with one attached hydrogen (secondary N) is 1. The number of nitrogens with zero attached hydrogens (tertiary/aromatic N) is 2. The molecule has 138 valence electrons. The van der Waals surface area contributed by atoms with E-state index in [1.54, 1.807) is 6.26 Å². The van der Waals surface area contributed by atoms with Gasteiger partial charge in [-0.1, -0.05) is 55.5 Å². The Morgan fingerprint density at radius 2 is 1.93 bits per heavy atom. The van der Waals surface area contributed by atoms with E-state index in [9.17, 15) is 4.79 Å². The third-order valence-electron chi connectivity index (χ3n) is 4.21. The van der Waals surface area contributed by atoms with Crippen molar-refractivity contribution in [1.82, 2.24) is 4.98 Å². The second kappa shape index (κ2) is 8.31. The number of oxazole rings is 1. The Bertz CT molecular complexity index is 948. The molecule has 0 saturated carbocycles. The Hall–Kier alpha value is -3.41. The van der Waals surface area contributed by atoms with Gasteiger partial charge in [-0.05, 0) is 18.6 Å². The zero-order chi connectivity index (χ0) is 19.2. The van der Waals surface area contributed by atoms with Gasteiger partial charge >= 0.3 is 6.01 Å². The van der Waals surface area contributed by atoms with Gasteiger partial charge in [0.2, 0.25) is 0 Å². The van der Waals surface area contributed by atoms with Crippen molar-refractivity contribution in [1.29, 1.82) is 0 Å². The Labute approximate surface area is 158 Å². The van der Waals surface area contributed by atoms with Gasteiger partial charge in [0, 0.05) is 23.6 Å². The maximum Gasteiger partial charge on any atom is 0.301 e. The van der Waals surface area contributed by atoms with E-state index in [4.69, 9.17) is 10.2 Å². The lowest BCUT2D eigenvalue weighted by atomic mass is 9.94. The van der Waals surface area contributed by atoms with Gasteiger partial charge in [-0.2, -0.15) is 4.98 Å². The van der Waals surface area contributed by atoms with Crippen LogP contribution in [0.3, 0.4) is 0 Å². The molecule has 0 bridgehead atoms. The highest BCUT2D eigenvalue weighted by atomic mass is 16.4. The van der Waals surface area contributed by atoms with E-state index in [1.807, 2.05) is 68.4 Å². The quantitative estimate of drug-likeness (QED) is 0.395. The lowest BCUT2D eigenvalue weighted by molar-refractivity contribution is 0.103. The molecule has 6 heteroatoms. The SMILES string of the molecule is CCN=C(N)Nc1nc(C(C)c2cccc(C(=O)c3ccccc3)c2)co1. The van der Waals surface area contributed by atoms with Gasteiger partial charge in [-0.3, -0.25) is 15.1 Å². The van der Waals surface area contributed by atoms with Crippen LogP contribution in [0.5, 0.6) is 0 Å². The molecule has 0 saturated heterocycles. The second-order valence-electron chi connectivity index (χ2n) is 6.10. The highest BCUT2D eigenvalue weighted by Crippen LogP contribution is 2.26. The third-order valence-corrected chi connectivity index (χ3v) is 4.21. The number of anilines is 1. The van der Waals surface area contributed by atoms with E-state index in [0.29, 0.717) is 23.7 Å². The van der Waals surface area contributed by atoms with Crippen LogP contribution >= 0.6 is 0 Å². The number of carbonyl (C=O) groups is 1. The summed E-state index contributed by atoms with van der Waals surface area (Å²) in [5.41, 5.74) is 8.76. The molecule has 0 aliphatic carbocycles. The molecule has 0 radical (unpaired) electrons. The van der Waals surface area contributed by atoms with Gasteiger partial charge in [0.05, 0.1) is 5.69 Å². The summed E-state index contributed by atoms with van der Waals surface area (Å²) in [6, 6.07) is 17.1. The number of carbonyl (C=O) groups excluding carboxylic acids is 1. The summed E-state index contributed by atoms with van der Waals surface area (Å²) in [5, 5.41) is 2.82. The fourth-order valence-corrected chi connectivity index (χ4v) is 2.74. The number of guanidine groups is 1. The van der Waals surface area contributed by atoms with Crippen LogP contribution in [0.25, 0.3) is 0 Å². The van der Waals surface area contributed by atoms with E-state index < -0.39 is 0 Å². The molecule has 1 unspecified atom stereocenters. The predicted molar refractivity (Wildman–Crippen MR) is 106 cm³/mol. The molecule has 27 heavy (non-hydrogen) atoms. The molecule has 0 fully saturated rings. The average molecular weight is 362 g/mol. The minimum absolute atomic E-state index is 0.00397. The van der Waals surface area contributed by atoms with Crippen molar-refractivity contribution in [2.24, 2.45) is 10.7 Å². The molecule has 1 atom stereocenters. The maximum absolute atomic E-state index is 12.7. The second-order valence-corrected chi connectivity index (χ2v) is 6.10. The van der Waals surface area contributed by atoms with Gasteiger partial charge in [-0.15, -0.1) is 0 Å². The van der Waals surface area contributed by atoms with Crippen LogP contribution in [-0.2, 0) is 0 Å². The summed E-state index contributed by atoms with van der Waals surface area (Å²) in [6.07, 6.45) is 1.58. The Morgan fingerprint density at radius 3 is 2.67 bits per heavy atom. The molecular weight excluding hydrogens is 340 g/mol. The molecule has 0 aliphatic heterocycles. The number of aromatic nitrogens is 1. The number of aliphatic imine (C=N–C) groups is 1. The highest BCUT2D eigenvalue weighted by Gasteiger charge is 2.16. The molecule has 3 aromatic rings. The Kier molecular flexibility index (Phi) is 5.66. The number of benzene rings is 2. The van der Waals surface area contributed by atoms with Crippen molar-refractivity contribution in [2.75, 3.05) is 11.9 Å². The van der Waals surface area contributed by atoms with Crippen molar-refractivity contribution in [3.05, 3.63) is 83.2 Å². The smallest absolute Gasteiger partial charge is 0.301 e. The van der Waals surface area contributed by atoms with Gasteiger partial charge in [0.1, 0.15) is 6.26 Å². The molecule has 0 aliphatic rings. The predicted octanol–water partition coefficient (Wildman–Crippen LogP) is 3.80. The molecule has 3 N–H and O–H groups in total. The monoisotopic (exact) mass is 362 g/mol. The normalized spacial score (nSPS) is 12.6. The highest BCUT2D eigenvalue weighted by molar-refractivity contribution is 6.09. The molecule has 3 rings (SSSR count). The van der Waals surface area contributed by atoms with Gasteiger partial charge in [-0.25, -0.2) is 0 Å². The fraction of sp³-hybridized carbons (Fsp3) is 0.190. The molecule has 0 amide bonds. The Balaban J connectivity index is 1.80. The summed E-state index contributed by atoms with van der Waals surface area (Å²) in [5.74, 6) is 0.210. The zero-order valence-electron chi connectivity index (χ0n) is 15.3. The lowest BCUT2D eigenvalue weighted by Crippen LogP contribution is -2.22. The maximum atomic E-state index is 12.7. The standard InChI is InChI=1S/C21H22N4O2/c1-3-23-20(22)25-21-24-18(13-27-21)14(2)16-10-7-11-17(12-16)19(26)15-8-5-4-6-9-15/h4-14H,3H2,1-2H3,(H3,22,23,24,25). The number of nitrogens with two attached hydrogens (primary N) is 1. The van der Waals surface area contributed by atoms with Crippen LogP contribution in [0.1, 0.15) is 46.9 Å². The molecule has 6 nitrogen and oxygen atoms in total. The van der Waals surface area contributed by atoms with Crippen LogP contribution in [-0.4, -0.2) is 23.3 Å².